The molecular formula is C22H28N2O2. The molecule has 1 atom stereocenters. The second-order valence-electron chi connectivity index (χ2n) is 7.73. The smallest absolute Gasteiger partial charge is 0.257 e. The molecule has 1 unspecified atom stereocenters. The van der Waals surface area contributed by atoms with E-state index in [1.807, 2.05) is 4.90 Å². The van der Waals surface area contributed by atoms with Gasteiger partial charge in [-0.1, -0.05) is 30.3 Å². The van der Waals surface area contributed by atoms with Crippen LogP contribution in [0.4, 0.5) is 0 Å². The standard InChI is InChI=1S/C22H28N2O2/c25-22(21-10-15-26-17-21)24-14-9-20(16-24)19-7-12-23(13-8-19)11-6-18-4-2-1-3-5-18/h1-5,10,15,17,19-20H,6-9,11-14,16H2. The summed E-state index contributed by atoms with van der Waals surface area (Å²) < 4.78 is 5.05. The maximum atomic E-state index is 12.5. The third kappa shape index (κ3) is 4.01. The molecule has 138 valence electrons. The topological polar surface area (TPSA) is 36.7 Å². The monoisotopic (exact) mass is 352 g/mol. The van der Waals surface area contributed by atoms with E-state index in [0.717, 1.165) is 38.4 Å². The van der Waals surface area contributed by atoms with E-state index in [-0.39, 0.29) is 5.91 Å². The molecule has 2 aliphatic rings. The fourth-order valence-corrected chi connectivity index (χ4v) is 4.51. The Morgan fingerprint density at radius 2 is 1.77 bits per heavy atom. The number of hydrogen-bond acceptors (Lipinski definition) is 3. The minimum absolute atomic E-state index is 0.126. The highest BCUT2D eigenvalue weighted by Gasteiger charge is 2.34. The van der Waals surface area contributed by atoms with E-state index in [9.17, 15) is 4.79 Å². The highest BCUT2D eigenvalue weighted by atomic mass is 16.3. The van der Waals surface area contributed by atoms with Gasteiger partial charge in [-0.2, -0.15) is 0 Å². The van der Waals surface area contributed by atoms with Crippen molar-refractivity contribution in [3.8, 4) is 0 Å². The summed E-state index contributed by atoms with van der Waals surface area (Å²) in [6.45, 7) is 5.36. The number of nitrogens with zero attached hydrogens (tertiary/aromatic N) is 2. The van der Waals surface area contributed by atoms with Crippen LogP contribution in [0, 0.1) is 11.8 Å². The lowest BCUT2D eigenvalue weighted by Crippen LogP contribution is -2.38. The first-order valence-corrected chi connectivity index (χ1v) is 9.87. The van der Waals surface area contributed by atoms with Crippen molar-refractivity contribution in [2.75, 3.05) is 32.7 Å². The van der Waals surface area contributed by atoms with Crippen molar-refractivity contribution in [1.29, 1.82) is 0 Å². The Kier molecular flexibility index (Phi) is 5.40. The summed E-state index contributed by atoms with van der Waals surface area (Å²) in [5.41, 5.74) is 2.11. The molecule has 0 spiro atoms. The average molecular weight is 352 g/mol. The molecule has 2 saturated heterocycles. The molecule has 26 heavy (non-hydrogen) atoms. The van der Waals surface area contributed by atoms with Crippen molar-refractivity contribution >= 4 is 5.91 Å². The van der Waals surface area contributed by atoms with Gasteiger partial charge < -0.3 is 14.2 Å². The average Bonchev–Trinajstić information content (AvgIpc) is 3.39. The van der Waals surface area contributed by atoms with Gasteiger partial charge in [0.15, 0.2) is 0 Å². The summed E-state index contributed by atoms with van der Waals surface area (Å²) in [5.74, 6) is 1.56. The van der Waals surface area contributed by atoms with Crippen LogP contribution in [0.1, 0.15) is 35.2 Å². The van der Waals surface area contributed by atoms with Gasteiger partial charge in [-0.15, -0.1) is 0 Å². The van der Waals surface area contributed by atoms with E-state index in [1.165, 1.54) is 31.5 Å². The largest absolute Gasteiger partial charge is 0.472 e. The molecule has 0 bridgehead atoms. The number of amides is 1. The number of furan rings is 1. The molecule has 2 aliphatic heterocycles. The number of carbonyl (C=O) groups is 1. The fourth-order valence-electron chi connectivity index (χ4n) is 4.51. The predicted octanol–water partition coefficient (Wildman–Crippen LogP) is 3.70. The van der Waals surface area contributed by atoms with E-state index in [2.05, 4.69) is 35.2 Å². The minimum atomic E-state index is 0.126. The highest BCUT2D eigenvalue weighted by molar-refractivity contribution is 5.93. The van der Waals surface area contributed by atoms with Crippen molar-refractivity contribution in [2.24, 2.45) is 11.8 Å². The Balaban J connectivity index is 1.22. The van der Waals surface area contributed by atoms with Crippen molar-refractivity contribution < 1.29 is 9.21 Å². The lowest BCUT2D eigenvalue weighted by atomic mass is 9.83. The molecule has 1 aromatic carbocycles. The first-order chi connectivity index (χ1) is 12.8. The van der Waals surface area contributed by atoms with E-state index in [1.54, 1.807) is 18.6 Å². The van der Waals surface area contributed by atoms with Crippen molar-refractivity contribution in [2.45, 2.75) is 25.7 Å². The van der Waals surface area contributed by atoms with Crippen LogP contribution in [0.3, 0.4) is 0 Å². The predicted molar refractivity (Wildman–Crippen MR) is 102 cm³/mol. The van der Waals surface area contributed by atoms with Gasteiger partial charge in [-0.3, -0.25) is 4.79 Å². The van der Waals surface area contributed by atoms with E-state index < -0.39 is 0 Å². The first kappa shape index (κ1) is 17.3. The molecular weight excluding hydrogens is 324 g/mol. The van der Waals surface area contributed by atoms with Gasteiger partial charge in [0.1, 0.15) is 6.26 Å². The number of rotatable bonds is 5. The summed E-state index contributed by atoms with van der Waals surface area (Å²) in [5, 5.41) is 0. The molecule has 4 nitrogen and oxygen atoms in total. The SMILES string of the molecule is O=C(c1ccoc1)N1CCC(C2CCN(CCc3ccccc3)CC2)C1. The molecule has 0 aliphatic carbocycles. The van der Waals surface area contributed by atoms with Gasteiger partial charge in [-0.05, 0) is 62.2 Å². The van der Waals surface area contributed by atoms with Crippen molar-refractivity contribution in [3.05, 3.63) is 60.1 Å². The molecule has 1 amide bonds. The van der Waals surface area contributed by atoms with Crippen LogP contribution in [-0.2, 0) is 6.42 Å². The third-order valence-corrected chi connectivity index (χ3v) is 6.14. The number of likely N-dealkylation sites (tertiary alicyclic amines) is 2. The van der Waals surface area contributed by atoms with Gasteiger partial charge in [0.25, 0.3) is 5.91 Å². The summed E-state index contributed by atoms with van der Waals surface area (Å²) in [4.78, 5) is 17.1. The lowest BCUT2D eigenvalue weighted by molar-refractivity contribution is 0.0773. The molecule has 0 N–H and O–H groups in total. The lowest BCUT2D eigenvalue weighted by Gasteiger charge is -2.34. The van der Waals surface area contributed by atoms with E-state index in [4.69, 9.17) is 4.42 Å². The van der Waals surface area contributed by atoms with Crippen LogP contribution in [0.5, 0.6) is 0 Å². The minimum Gasteiger partial charge on any atom is -0.472 e. The van der Waals surface area contributed by atoms with Crippen LogP contribution in [-0.4, -0.2) is 48.4 Å². The Bertz CT molecular complexity index is 690. The summed E-state index contributed by atoms with van der Waals surface area (Å²) in [7, 11) is 0. The zero-order valence-electron chi connectivity index (χ0n) is 15.3. The van der Waals surface area contributed by atoms with Crippen LogP contribution in [0.25, 0.3) is 0 Å². The maximum Gasteiger partial charge on any atom is 0.257 e. The van der Waals surface area contributed by atoms with Gasteiger partial charge in [0.05, 0.1) is 11.8 Å². The van der Waals surface area contributed by atoms with E-state index in [0.29, 0.717) is 11.5 Å². The second kappa shape index (κ2) is 8.09. The Hall–Kier alpha value is -2.07. The van der Waals surface area contributed by atoms with E-state index >= 15 is 0 Å². The third-order valence-electron chi connectivity index (χ3n) is 6.14. The summed E-state index contributed by atoms with van der Waals surface area (Å²) in [6, 6.07) is 12.5. The van der Waals surface area contributed by atoms with Crippen LogP contribution in [0.15, 0.2) is 53.3 Å². The molecule has 1 aromatic heterocycles. The van der Waals surface area contributed by atoms with Gasteiger partial charge >= 0.3 is 0 Å². The number of hydrogen-bond donors (Lipinski definition) is 0. The number of benzene rings is 1. The Morgan fingerprint density at radius 3 is 2.50 bits per heavy atom. The quantitative estimate of drug-likeness (QED) is 0.823. The molecule has 2 fully saturated rings. The first-order valence-electron chi connectivity index (χ1n) is 9.87. The normalized spacial score (nSPS) is 22.0. The number of piperidine rings is 1. The second-order valence-corrected chi connectivity index (χ2v) is 7.73. The molecule has 3 heterocycles. The molecule has 4 heteroatoms. The van der Waals surface area contributed by atoms with Gasteiger partial charge in [-0.25, -0.2) is 0 Å². The molecule has 2 aromatic rings. The zero-order chi connectivity index (χ0) is 17.8. The highest BCUT2D eigenvalue weighted by Crippen LogP contribution is 2.32. The van der Waals surface area contributed by atoms with Crippen LogP contribution >= 0.6 is 0 Å². The number of carbonyl (C=O) groups excluding carboxylic acids is 1. The maximum absolute atomic E-state index is 12.5. The van der Waals surface area contributed by atoms with Crippen LogP contribution in [0.2, 0.25) is 0 Å². The zero-order valence-corrected chi connectivity index (χ0v) is 15.3. The van der Waals surface area contributed by atoms with Crippen molar-refractivity contribution in [3.63, 3.8) is 0 Å². The van der Waals surface area contributed by atoms with Gasteiger partial charge in [0.2, 0.25) is 0 Å². The summed E-state index contributed by atoms with van der Waals surface area (Å²) >= 11 is 0. The fraction of sp³-hybridized carbons (Fsp3) is 0.500. The summed E-state index contributed by atoms with van der Waals surface area (Å²) in [6.07, 6.45) is 7.97. The molecule has 4 rings (SSSR count). The molecule has 0 radical (unpaired) electrons. The van der Waals surface area contributed by atoms with Gasteiger partial charge in [0, 0.05) is 19.6 Å². The van der Waals surface area contributed by atoms with Crippen molar-refractivity contribution in [1.82, 2.24) is 9.80 Å². The van der Waals surface area contributed by atoms with Crippen LogP contribution < -0.4 is 0 Å². The Morgan fingerprint density at radius 1 is 1.00 bits per heavy atom. The Labute approximate surface area is 155 Å². The molecule has 0 saturated carbocycles.